The number of ether oxygens (including phenoxy) is 1. The van der Waals surface area contributed by atoms with Gasteiger partial charge in [0.15, 0.2) is 6.67 Å². The van der Waals surface area contributed by atoms with Crippen molar-refractivity contribution in [3.05, 3.63) is 54.1 Å². The Hall–Kier alpha value is -2.53. The highest BCUT2D eigenvalue weighted by atomic mass is 16.5. The predicted molar refractivity (Wildman–Crippen MR) is 94.9 cm³/mol. The number of nitrogens with two attached hydrogens (primary N) is 1. The first kappa shape index (κ1) is 16.3. The van der Waals surface area contributed by atoms with Crippen LogP contribution in [0.25, 0.3) is 0 Å². The summed E-state index contributed by atoms with van der Waals surface area (Å²) in [4.78, 5) is 12.4. The number of benzene rings is 2. The van der Waals surface area contributed by atoms with Crippen LogP contribution in [-0.2, 0) is 0 Å². The lowest BCUT2D eigenvalue weighted by Gasteiger charge is -2.29. The van der Waals surface area contributed by atoms with Crippen LogP contribution in [-0.4, -0.2) is 37.2 Å². The van der Waals surface area contributed by atoms with E-state index in [1.807, 2.05) is 12.1 Å². The van der Waals surface area contributed by atoms with Gasteiger partial charge in [-0.3, -0.25) is 4.79 Å². The second-order valence-corrected chi connectivity index (χ2v) is 6.64. The van der Waals surface area contributed by atoms with E-state index >= 15 is 0 Å². The highest BCUT2D eigenvalue weighted by Crippen LogP contribution is 2.23. The molecule has 3 rings (SSSR count). The smallest absolute Gasteiger partial charge is 0.255 e. The molecule has 1 saturated heterocycles. The van der Waals surface area contributed by atoms with Gasteiger partial charge in [0.2, 0.25) is 0 Å². The average Bonchev–Trinajstić information content (AvgIpc) is 3.02. The standard InChI is InChI=1S/C19H23N3O2/c1-22(11-2-3-12-22)14-21-19(23)15-5-4-6-18(13-15)24-17-9-7-16(20)8-10-17/h4-10,13H,2-3,11-12,14,20H2,1H3/p+1. The fraction of sp³-hybridized carbons (Fsp3) is 0.316. The van der Waals surface area contributed by atoms with Crippen molar-refractivity contribution in [2.24, 2.45) is 0 Å². The summed E-state index contributed by atoms with van der Waals surface area (Å²) in [7, 11) is 2.19. The number of carbonyl (C=O) groups excluding carboxylic acids is 1. The maximum absolute atomic E-state index is 12.4. The van der Waals surface area contributed by atoms with Gasteiger partial charge in [-0.05, 0) is 42.5 Å². The number of rotatable bonds is 5. The van der Waals surface area contributed by atoms with E-state index in [9.17, 15) is 4.79 Å². The average molecular weight is 326 g/mol. The first-order valence-electron chi connectivity index (χ1n) is 8.29. The van der Waals surface area contributed by atoms with Gasteiger partial charge in [0.1, 0.15) is 11.5 Å². The molecule has 0 atom stereocenters. The molecule has 5 heteroatoms. The van der Waals surface area contributed by atoms with E-state index < -0.39 is 0 Å². The lowest BCUT2D eigenvalue weighted by Crippen LogP contribution is -2.49. The quantitative estimate of drug-likeness (QED) is 0.656. The number of hydrogen-bond acceptors (Lipinski definition) is 3. The summed E-state index contributed by atoms with van der Waals surface area (Å²) in [5.74, 6) is 1.26. The third-order valence-corrected chi connectivity index (χ3v) is 4.48. The minimum atomic E-state index is -0.0657. The molecule has 1 amide bonds. The normalized spacial score (nSPS) is 15.9. The predicted octanol–water partition coefficient (Wildman–Crippen LogP) is 2.99. The Morgan fingerprint density at radius 1 is 1.12 bits per heavy atom. The number of nitrogens with zero attached hydrogens (tertiary/aromatic N) is 1. The third kappa shape index (κ3) is 4.06. The molecule has 1 aliphatic rings. The van der Waals surface area contributed by atoms with Crippen molar-refractivity contribution in [3.8, 4) is 11.5 Å². The largest absolute Gasteiger partial charge is 0.457 e. The van der Waals surface area contributed by atoms with Gasteiger partial charge in [0.25, 0.3) is 5.91 Å². The summed E-state index contributed by atoms with van der Waals surface area (Å²) in [5, 5.41) is 3.04. The molecule has 1 aliphatic heterocycles. The molecule has 0 aliphatic carbocycles. The number of hydrogen-bond donors (Lipinski definition) is 2. The molecule has 2 aromatic carbocycles. The molecule has 24 heavy (non-hydrogen) atoms. The third-order valence-electron chi connectivity index (χ3n) is 4.48. The Balaban J connectivity index is 1.63. The monoisotopic (exact) mass is 326 g/mol. The van der Waals surface area contributed by atoms with E-state index in [1.165, 1.54) is 12.8 Å². The molecular weight excluding hydrogens is 302 g/mol. The molecule has 0 spiro atoms. The SMILES string of the molecule is C[N+]1(CNC(=O)c2cccc(Oc3ccc(N)cc3)c2)CCCC1. The molecule has 126 valence electrons. The number of anilines is 1. The van der Waals surface area contributed by atoms with Crippen LogP contribution < -0.4 is 15.8 Å². The maximum atomic E-state index is 12.4. The highest BCUT2D eigenvalue weighted by Gasteiger charge is 2.27. The summed E-state index contributed by atoms with van der Waals surface area (Å²) in [6.07, 6.45) is 2.47. The van der Waals surface area contributed by atoms with E-state index in [1.54, 1.807) is 36.4 Å². The maximum Gasteiger partial charge on any atom is 0.255 e. The van der Waals surface area contributed by atoms with E-state index in [-0.39, 0.29) is 5.91 Å². The molecule has 2 aromatic rings. The summed E-state index contributed by atoms with van der Waals surface area (Å²) >= 11 is 0. The van der Waals surface area contributed by atoms with Crippen LogP contribution in [0.15, 0.2) is 48.5 Å². The van der Waals surface area contributed by atoms with E-state index in [4.69, 9.17) is 10.5 Å². The van der Waals surface area contributed by atoms with Crippen LogP contribution in [0.5, 0.6) is 11.5 Å². The number of nitrogen functional groups attached to an aromatic ring is 1. The van der Waals surface area contributed by atoms with Crippen molar-refractivity contribution < 1.29 is 14.0 Å². The minimum Gasteiger partial charge on any atom is -0.457 e. The van der Waals surface area contributed by atoms with Gasteiger partial charge in [-0.15, -0.1) is 0 Å². The summed E-state index contributed by atoms with van der Waals surface area (Å²) in [6, 6.07) is 14.4. The van der Waals surface area contributed by atoms with Crippen molar-refractivity contribution in [2.75, 3.05) is 32.5 Å². The van der Waals surface area contributed by atoms with Crippen molar-refractivity contribution in [1.82, 2.24) is 5.32 Å². The van der Waals surface area contributed by atoms with Gasteiger partial charge in [0, 0.05) is 24.1 Å². The number of nitrogens with one attached hydrogen (secondary N) is 1. The van der Waals surface area contributed by atoms with Gasteiger partial charge >= 0.3 is 0 Å². The van der Waals surface area contributed by atoms with Crippen LogP contribution in [0.2, 0.25) is 0 Å². The molecular formula is C19H24N3O2+. The van der Waals surface area contributed by atoms with Crippen molar-refractivity contribution in [1.29, 1.82) is 0 Å². The second-order valence-electron chi connectivity index (χ2n) is 6.64. The van der Waals surface area contributed by atoms with Crippen LogP contribution in [0, 0.1) is 0 Å². The summed E-state index contributed by atoms with van der Waals surface area (Å²) in [5.41, 5.74) is 6.96. The lowest BCUT2D eigenvalue weighted by atomic mass is 10.2. The number of carbonyl (C=O) groups is 1. The van der Waals surface area contributed by atoms with E-state index in [2.05, 4.69) is 12.4 Å². The zero-order valence-corrected chi connectivity index (χ0v) is 14.0. The molecule has 0 saturated carbocycles. The topological polar surface area (TPSA) is 64.3 Å². The fourth-order valence-corrected chi connectivity index (χ4v) is 2.99. The number of likely N-dealkylation sites (tertiary alicyclic amines) is 1. The lowest BCUT2D eigenvalue weighted by molar-refractivity contribution is -0.899. The van der Waals surface area contributed by atoms with Crippen LogP contribution >= 0.6 is 0 Å². The molecule has 1 heterocycles. The Morgan fingerprint density at radius 3 is 2.54 bits per heavy atom. The van der Waals surface area contributed by atoms with E-state index in [0.717, 1.165) is 17.6 Å². The first-order chi connectivity index (χ1) is 11.5. The van der Waals surface area contributed by atoms with Gasteiger partial charge < -0.3 is 20.3 Å². The van der Waals surface area contributed by atoms with Gasteiger partial charge in [-0.2, -0.15) is 0 Å². The van der Waals surface area contributed by atoms with Crippen molar-refractivity contribution in [2.45, 2.75) is 12.8 Å². The molecule has 1 fully saturated rings. The van der Waals surface area contributed by atoms with E-state index in [0.29, 0.717) is 29.4 Å². The Kier molecular flexibility index (Phi) is 4.71. The Morgan fingerprint density at radius 2 is 1.83 bits per heavy atom. The molecule has 0 aromatic heterocycles. The summed E-state index contributed by atoms with van der Waals surface area (Å²) < 4.78 is 6.69. The highest BCUT2D eigenvalue weighted by molar-refractivity contribution is 5.94. The zero-order chi connectivity index (χ0) is 17.0. The number of quaternary nitrogens is 1. The molecule has 3 N–H and O–H groups in total. The minimum absolute atomic E-state index is 0.0657. The second kappa shape index (κ2) is 6.93. The van der Waals surface area contributed by atoms with Crippen LogP contribution in [0.3, 0.4) is 0 Å². The van der Waals surface area contributed by atoms with Crippen LogP contribution in [0.4, 0.5) is 5.69 Å². The Labute approximate surface area is 142 Å². The number of amides is 1. The first-order valence-corrected chi connectivity index (χ1v) is 8.29. The molecule has 5 nitrogen and oxygen atoms in total. The van der Waals surface area contributed by atoms with Gasteiger partial charge in [-0.25, -0.2) is 0 Å². The van der Waals surface area contributed by atoms with Gasteiger partial charge in [0.05, 0.1) is 20.1 Å². The zero-order valence-electron chi connectivity index (χ0n) is 14.0. The molecule has 0 radical (unpaired) electrons. The summed E-state index contributed by atoms with van der Waals surface area (Å²) in [6.45, 7) is 2.92. The van der Waals surface area contributed by atoms with Crippen LogP contribution in [0.1, 0.15) is 23.2 Å². The van der Waals surface area contributed by atoms with Crippen molar-refractivity contribution >= 4 is 11.6 Å². The molecule has 0 bridgehead atoms. The fourth-order valence-electron chi connectivity index (χ4n) is 2.99. The Bertz CT molecular complexity index is 707. The van der Waals surface area contributed by atoms with Gasteiger partial charge in [-0.1, -0.05) is 6.07 Å². The van der Waals surface area contributed by atoms with Crippen molar-refractivity contribution in [3.63, 3.8) is 0 Å². The molecule has 0 unspecified atom stereocenters.